The molecule has 1 heterocycles. The van der Waals surface area contributed by atoms with Gasteiger partial charge in [0.2, 0.25) is 0 Å². The molecule has 2 rings (SSSR count). The van der Waals surface area contributed by atoms with Crippen LogP contribution >= 0.6 is 43.5 Å². The average molecular weight is 380 g/mol. The van der Waals surface area contributed by atoms with Crippen molar-refractivity contribution in [3.8, 4) is 11.5 Å². The molecule has 1 aromatic carbocycles. The molecule has 0 aliphatic rings. The van der Waals surface area contributed by atoms with Crippen LogP contribution in [0.5, 0.6) is 0 Å². The summed E-state index contributed by atoms with van der Waals surface area (Å²) in [5.74, 6) is 0.989. The third-order valence-corrected chi connectivity index (χ3v) is 3.93. The highest BCUT2D eigenvalue weighted by Crippen LogP contribution is 2.31. The van der Waals surface area contributed by atoms with Crippen molar-refractivity contribution in [3.05, 3.63) is 33.0 Å². The van der Waals surface area contributed by atoms with E-state index in [1.807, 2.05) is 25.1 Å². The standard InChI is InChI=1S/C11H9Br2ClN2O/c1-2-9(14)10-15-11(17-16-10)7-5-6(12)3-4-8(7)13/h3-5,9H,2H2,1H3. The Morgan fingerprint density at radius 1 is 1.41 bits per heavy atom. The number of halogens is 3. The molecule has 90 valence electrons. The van der Waals surface area contributed by atoms with Gasteiger partial charge in [0.25, 0.3) is 5.89 Å². The van der Waals surface area contributed by atoms with Gasteiger partial charge in [0.1, 0.15) is 0 Å². The summed E-state index contributed by atoms with van der Waals surface area (Å²) in [6.45, 7) is 1.97. The summed E-state index contributed by atoms with van der Waals surface area (Å²) in [5.41, 5.74) is 0.845. The second-order valence-corrected chi connectivity index (χ2v) is 5.75. The van der Waals surface area contributed by atoms with Gasteiger partial charge in [-0.05, 0) is 40.5 Å². The molecule has 0 amide bonds. The molecule has 0 fully saturated rings. The first-order valence-electron chi connectivity index (χ1n) is 5.05. The van der Waals surface area contributed by atoms with E-state index in [0.717, 1.165) is 20.9 Å². The molecular formula is C11H9Br2ClN2O. The zero-order chi connectivity index (χ0) is 12.4. The maximum absolute atomic E-state index is 6.06. The largest absolute Gasteiger partial charge is 0.334 e. The van der Waals surface area contributed by atoms with E-state index in [-0.39, 0.29) is 5.38 Å². The molecule has 0 aliphatic carbocycles. The van der Waals surface area contributed by atoms with Crippen molar-refractivity contribution in [2.75, 3.05) is 0 Å². The van der Waals surface area contributed by atoms with Gasteiger partial charge in [-0.2, -0.15) is 4.98 Å². The summed E-state index contributed by atoms with van der Waals surface area (Å²) in [5, 5.41) is 3.67. The van der Waals surface area contributed by atoms with Crippen molar-refractivity contribution < 1.29 is 4.52 Å². The Morgan fingerprint density at radius 2 is 2.18 bits per heavy atom. The van der Waals surface area contributed by atoms with E-state index >= 15 is 0 Å². The molecule has 2 aromatic rings. The molecule has 0 aliphatic heterocycles. The second-order valence-electron chi connectivity index (χ2n) is 3.46. The summed E-state index contributed by atoms with van der Waals surface area (Å²) in [7, 11) is 0. The molecule has 1 aromatic heterocycles. The molecule has 0 spiro atoms. The summed E-state index contributed by atoms with van der Waals surface area (Å²) in [6, 6.07) is 5.76. The van der Waals surface area contributed by atoms with E-state index in [1.54, 1.807) is 0 Å². The van der Waals surface area contributed by atoms with Crippen LogP contribution in [0.2, 0.25) is 0 Å². The Labute approximate surface area is 121 Å². The van der Waals surface area contributed by atoms with Crippen LogP contribution in [0.1, 0.15) is 24.5 Å². The van der Waals surface area contributed by atoms with E-state index in [0.29, 0.717) is 11.7 Å². The highest BCUT2D eigenvalue weighted by molar-refractivity contribution is 9.11. The molecule has 0 bridgehead atoms. The van der Waals surface area contributed by atoms with E-state index in [2.05, 4.69) is 42.0 Å². The topological polar surface area (TPSA) is 38.9 Å². The third-order valence-electron chi connectivity index (χ3n) is 2.24. The summed E-state index contributed by atoms with van der Waals surface area (Å²) in [4.78, 5) is 4.29. The van der Waals surface area contributed by atoms with Crippen LogP contribution in [0.25, 0.3) is 11.5 Å². The van der Waals surface area contributed by atoms with Crippen LogP contribution in [0.15, 0.2) is 31.7 Å². The Kier molecular flexibility index (Phi) is 4.22. The predicted octanol–water partition coefficient (Wildman–Crippen LogP) is 4.95. The molecule has 0 N–H and O–H groups in total. The highest BCUT2D eigenvalue weighted by atomic mass is 79.9. The third kappa shape index (κ3) is 2.89. The van der Waals surface area contributed by atoms with Crippen molar-refractivity contribution in [1.29, 1.82) is 0 Å². The molecule has 3 nitrogen and oxygen atoms in total. The summed E-state index contributed by atoms with van der Waals surface area (Å²) < 4.78 is 7.07. The van der Waals surface area contributed by atoms with Crippen LogP contribution < -0.4 is 0 Å². The van der Waals surface area contributed by atoms with Crippen LogP contribution in [0, 0.1) is 0 Å². The van der Waals surface area contributed by atoms with Gasteiger partial charge >= 0.3 is 0 Å². The highest BCUT2D eigenvalue weighted by Gasteiger charge is 2.16. The fourth-order valence-electron chi connectivity index (χ4n) is 1.32. The number of hydrogen-bond acceptors (Lipinski definition) is 3. The number of rotatable bonds is 3. The molecule has 6 heteroatoms. The minimum Gasteiger partial charge on any atom is -0.334 e. The van der Waals surface area contributed by atoms with E-state index in [1.165, 1.54) is 0 Å². The fourth-order valence-corrected chi connectivity index (χ4v) is 2.18. The van der Waals surface area contributed by atoms with Crippen LogP contribution in [-0.4, -0.2) is 10.1 Å². The van der Waals surface area contributed by atoms with Crippen LogP contribution in [0.4, 0.5) is 0 Å². The molecule has 1 atom stereocenters. The number of aromatic nitrogens is 2. The Bertz CT molecular complexity index is 530. The minimum atomic E-state index is -0.210. The number of alkyl halides is 1. The lowest BCUT2D eigenvalue weighted by Crippen LogP contribution is -1.90. The van der Waals surface area contributed by atoms with Crippen LogP contribution in [0.3, 0.4) is 0 Å². The zero-order valence-corrected chi connectivity index (χ0v) is 12.9. The van der Waals surface area contributed by atoms with Crippen LogP contribution in [-0.2, 0) is 0 Å². The molecule has 0 radical (unpaired) electrons. The van der Waals surface area contributed by atoms with Gasteiger partial charge in [0.15, 0.2) is 5.82 Å². The molecule has 17 heavy (non-hydrogen) atoms. The zero-order valence-electron chi connectivity index (χ0n) is 8.95. The number of hydrogen-bond donors (Lipinski definition) is 0. The van der Waals surface area contributed by atoms with Crippen molar-refractivity contribution in [1.82, 2.24) is 10.1 Å². The normalized spacial score (nSPS) is 12.7. The lowest BCUT2D eigenvalue weighted by Gasteiger charge is -1.99. The van der Waals surface area contributed by atoms with Gasteiger partial charge in [0, 0.05) is 8.95 Å². The monoisotopic (exact) mass is 378 g/mol. The lowest BCUT2D eigenvalue weighted by atomic mass is 10.2. The maximum atomic E-state index is 6.06. The lowest BCUT2D eigenvalue weighted by molar-refractivity contribution is 0.421. The molecule has 1 unspecified atom stereocenters. The average Bonchev–Trinajstić information content (AvgIpc) is 2.80. The first-order chi connectivity index (χ1) is 8.11. The van der Waals surface area contributed by atoms with E-state index < -0.39 is 0 Å². The summed E-state index contributed by atoms with van der Waals surface area (Å²) in [6.07, 6.45) is 0.764. The Morgan fingerprint density at radius 3 is 2.88 bits per heavy atom. The maximum Gasteiger partial charge on any atom is 0.259 e. The Balaban J connectivity index is 2.40. The molecule has 0 saturated heterocycles. The first kappa shape index (κ1) is 13.1. The fraction of sp³-hybridized carbons (Fsp3) is 0.273. The number of nitrogens with zero attached hydrogens (tertiary/aromatic N) is 2. The van der Waals surface area contributed by atoms with Crippen molar-refractivity contribution >= 4 is 43.5 Å². The van der Waals surface area contributed by atoms with Gasteiger partial charge in [-0.1, -0.05) is 28.0 Å². The first-order valence-corrected chi connectivity index (χ1v) is 7.07. The second kappa shape index (κ2) is 5.50. The van der Waals surface area contributed by atoms with Gasteiger partial charge in [0.05, 0.1) is 10.9 Å². The van der Waals surface area contributed by atoms with Gasteiger partial charge in [-0.25, -0.2) is 0 Å². The van der Waals surface area contributed by atoms with Gasteiger partial charge in [-0.15, -0.1) is 11.6 Å². The SMILES string of the molecule is CCC(Cl)c1noc(-c2cc(Br)ccc2Br)n1. The van der Waals surface area contributed by atoms with Crippen molar-refractivity contribution in [2.45, 2.75) is 18.7 Å². The predicted molar refractivity (Wildman–Crippen MR) is 74.0 cm³/mol. The minimum absolute atomic E-state index is 0.210. The Hall–Kier alpha value is -0.390. The van der Waals surface area contributed by atoms with Crippen molar-refractivity contribution in [2.24, 2.45) is 0 Å². The molecule has 0 saturated carbocycles. The van der Waals surface area contributed by atoms with E-state index in [9.17, 15) is 0 Å². The van der Waals surface area contributed by atoms with E-state index in [4.69, 9.17) is 16.1 Å². The smallest absolute Gasteiger partial charge is 0.259 e. The summed E-state index contributed by atoms with van der Waals surface area (Å²) >= 11 is 12.9. The quantitative estimate of drug-likeness (QED) is 0.707. The number of benzene rings is 1. The van der Waals surface area contributed by atoms with Gasteiger partial charge < -0.3 is 4.52 Å². The molecular weight excluding hydrogens is 371 g/mol. The van der Waals surface area contributed by atoms with Gasteiger partial charge in [-0.3, -0.25) is 0 Å². The van der Waals surface area contributed by atoms with Crippen molar-refractivity contribution in [3.63, 3.8) is 0 Å².